The van der Waals surface area contributed by atoms with Crippen LogP contribution in [-0.2, 0) is 11.8 Å². The molecule has 0 fully saturated rings. The van der Waals surface area contributed by atoms with Gasteiger partial charge in [0, 0.05) is 17.6 Å². The zero-order chi connectivity index (χ0) is 15.0. The maximum Gasteiger partial charge on any atom is 0.150 e. The molecule has 0 amide bonds. The van der Waals surface area contributed by atoms with Gasteiger partial charge in [-0.05, 0) is 41.7 Å². The fraction of sp³-hybridized carbons (Fsp3) is 0.294. The Hall–Kier alpha value is -1.42. The summed E-state index contributed by atoms with van der Waals surface area (Å²) in [5, 5.41) is 0.439. The molecule has 0 radical (unpaired) electrons. The zero-order valence-electron chi connectivity index (χ0n) is 11.7. The van der Waals surface area contributed by atoms with Crippen LogP contribution in [0, 0.1) is 17.6 Å². The number of alkyl halides is 1. The lowest BCUT2D eigenvalue weighted by Gasteiger charge is -2.35. The van der Waals surface area contributed by atoms with Gasteiger partial charge in [-0.15, -0.1) is 0 Å². The third kappa shape index (κ3) is 2.69. The molecule has 1 aliphatic heterocycles. The van der Waals surface area contributed by atoms with Crippen molar-refractivity contribution in [1.29, 1.82) is 0 Å². The van der Waals surface area contributed by atoms with Gasteiger partial charge in [-0.1, -0.05) is 41.1 Å². The fourth-order valence-electron chi connectivity index (χ4n) is 2.96. The monoisotopic (exact) mass is 351 g/mol. The number of hydrogen-bond acceptors (Lipinski definition) is 1. The normalized spacial score (nSPS) is 17.7. The molecule has 3 rings (SSSR count). The molecule has 0 spiro atoms. The van der Waals surface area contributed by atoms with Crippen LogP contribution >= 0.6 is 15.9 Å². The molecule has 0 N–H and O–H groups in total. The van der Waals surface area contributed by atoms with Crippen LogP contribution < -0.4 is 4.90 Å². The first-order valence-corrected chi connectivity index (χ1v) is 8.11. The third-order valence-corrected chi connectivity index (χ3v) is 4.49. The molecule has 2 aromatic rings. The molecule has 2 aromatic carbocycles. The van der Waals surface area contributed by atoms with Crippen molar-refractivity contribution < 1.29 is 8.78 Å². The number of fused-ring (bicyclic) bond motifs is 1. The summed E-state index contributed by atoms with van der Waals surface area (Å²) in [6.45, 7) is 2.73. The predicted molar refractivity (Wildman–Crippen MR) is 85.3 cm³/mol. The Kier molecular flexibility index (Phi) is 3.98. The maximum absolute atomic E-state index is 14.4. The van der Waals surface area contributed by atoms with E-state index in [1.165, 1.54) is 12.1 Å². The first-order chi connectivity index (χ1) is 10.1. The van der Waals surface area contributed by atoms with Gasteiger partial charge < -0.3 is 4.90 Å². The van der Waals surface area contributed by atoms with Gasteiger partial charge >= 0.3 is 0 Å². The summed E-state index contributed by atoms with van der Waals surface area (Å²) in [5.41, 5.74) is 2.70. The Morgan fingerprint density at radius 2 is 1.86 bits per heavy atom. The van der Waals surface area contributed by atoms with E-state index in [1.807, 2.05) is 24.3 Å². The Balaban J connectivity index is 2.13. The third-order valence-electron chi connectivity index (χ3n) is 3.85. The van der Waals surface area contributed by atoms with Crippen molar-refractivity contribution in [2.24, 2.45) is 5.92 Å². The second-order valence-corrected chi connectivity index (χ2v) is 6.15. The molecule has 21 heavy (non-hydrogen) atoms. The van der Waals surface area contributed by atoms with E-state index in [0.717, 1.165) is 17.7 Å². The number of hydrogen-bond donors (Lipinski definition) is 0. The van der Waals surface area contributed by atoms with E-state index >= 15 is 0 Å². The quantitative estimate of drug-likeness (QED) is 0.673. The molecular weight excluding hydrogens is 336 g/mol. The highest BCUT2D eigenvalue weighted by molar-refractivity contribution is 9.08. The molecule has 1 heterocycles. The standard InChI is InChI=1S/C17H16BrF2N/c1-11-6-13-4-2-3-5-16(13)21(10-11)17-14(19)7-12(9-18)8-15(17)20/h2-5,7-8,11H,6,9-10H2,1H3. The minimum atomic E-state index is -0.506. The Morgan fingerprint density at radius 1 is 1.19 bits per heavy atom. The van der Waals surface area contributed by atoms with E-state index in [-0.39, 0.29) is 5.69 Å². The zero-order valence-corrected chi connectivity index (χ0v) is 13.3. The summed E-state index contributed by atoms with van der Waals surface area (Å²) in [7, 11) is 0. The van der Waals surface area contributed by atoms with Crippen molar-refractivity contribution in [2.75, 3.05) is 11.4 Å². The number of anilines is 2. The van der Waals surface area contributed by atoms with Gasteiger partial charge in [-0.3, -0.25) is 0 Å². The highest BCUT2D eigenvalue weighted by atomic mass is 79.9. The maximum atomic E-state index is 14.4. The van der Waals surface area contributed by atoms with E-state index < -0.39 is 11.6 Å². The van der Waals surface area contributed by atoms with Crippen molar-refractivity contribution in [2.45, 2.75) is 18.7 Å². The molecule has 0 bridgehead atoms. The lowest BCUT2D eigenvalue weighted by atomic mass is 9.93. The van der Waals surface area contributed by atoms with Crippen LogP contribution in [0.15, 0.2) is 36.4 Å². The highest BCUT2D eigenvalue weighted by Crippen LogP contribution is 2.38. The molecule has 1 nitrogen and oxygen atoms in total. The van der Waals surface area contributed by atoms with E-state index in [1.54, 1.807) is 4.90 Å². The van der Waals surface area contributed by atoms with Gasteiger partial charge in [-0.25, -0.2) is 8.78 Å². The molecule has 4 heteroatoms. The predicted octanol–water partition coefficient (Wildman–Crippen LogP) is 5.19. The van der Waals surface area contributed by atoms with Crippen molar-refractivity contribution >= 4 is 27.3 Å². The van der Waals surface area contributed by atoms with Gasteiger partial charge in [-0.2, -0.15) is 0 Å². The smallest absolute Gasteiger partial charge is 0.150 e. The molecule has 0 saturated carbocycles. The summed E-state index contributed by atoms with van der Waals surface area (Å²) in [6, 6.07) is 10.6. The van der Waals surface area contributed by atoms with Crippen LogP contribution in [0.2, 0.25) is 0 Å². The molecule has 1 unspecified atom stereocenters. The van der Waals surface area contributed by atoms with E-state index in [2.05, 4.69) is 22.9 Å². The summed E-state index contributed by atoms with van der Waals surface area (Å²) < 4.78 is 28.8. The lowest BCUT2D eigenvalue weighted by molar-refractivity contribution is 0.534. The lowest BCUT2D eigenvalue weighted by Crippen LogP contribution is -2.31. The second-order valence-electron chi connectivity index (χ2n) is 5.59. The van der Waals surface area contributed by atoms with Crippen LogP contribution in [-0.4, -0.2) is 6.54 Å². The van der Waals surface area contributed by atoms with Gasteiger partial charge in [0.1, 0.15) is 17.3 Å². The van der Waals surface area contributed by atoms with Crippen molar-refractivity contribution in [3.63, 3.8) is 0 Å². The summed E-state index contributed by atoms with van der Waals surface area (Å²) >= 11 is 3.23. The molecule has 110 valence electrons. The Bertz CT molecular complexity index is 649. The van der Waals surface area contributed by atoms with Crippen molar-refractivity contribution in [1.82, 2.24) is 0 Å². The summed E-state index contributed by atoms with van der Waals surface area (Å²) in [5.74, 6) is -0.656. The van der Waals surface area contributed by atoms with Crippen LogP contribution in [0.3, 0.4) is 0 Å². The van der Waals surface area contributed by atoms with Crippen LogP contribution in [0.4, 0.5) is 20.2 Å². The number of rotatable bonds is 2. The summed E-state index contributed by atoms with van der Waals surface area (Å²) in [6.07, 6.45) is 0.940. The Labute approximate surface area is 131 Å². The first kappa shape index (κ1) is 14.5. The molecule has 1 aliphatic rings. The first-order valence-electron chi connectivity index (χ1n) is 6.99. The van der Waals surface area contributed by atoms with Crippen LogP contribution in [0.25, 0.3) is 0 Å². The van der Waals surface area contributed by atoms with Crippen LogP contribution in [0.5, 0.6) is 0 Å². The van der Waals surface area contributed by atoms with Gasteiger partial charge in [0.2, 0.25) is 0 Å². The van der Waals surface area contributed by atoms with E-state index in [0.29, 0.717) is 23.4 Å². The molecule has 1 atom stereocenters. The summed E-state index contributed by atoms with van der Waals surface area (Å²) in [4.78, 5) is 1.77. The molecular formula is C17H16BrF2N. The number of benzene rings is 2. The van der Waals surface area contributed by atoms with Crippen LogP contribution in [0.1, 0.15) is 18.1 Å². The largest absolute Gasteiger partial charge is 0.336 e. The average Bonchev–Trinajstić information content (AvgIpc) is 2.46. The topological polar surface area (TPSA) is 3.24 Å². The second kappa shape index (κ2) is 5.76. The number of para-hydroxylation sites is 1. The fourth-order valence-corrected chi connectivity index (χ4v) is 3.29. The minimum absolute atomic E-state index is 0.0544. The number of nitrogens with zero attached hydrogens (tertiary/aromatic N) is 1. The van der Waals surface area contributed by atoms with Gasteiger partial charge in [0.15, 0.2) is 0 Å². The van der Waals surface area contributed by atoms with E-state index in [9.17, 15) is 8.78 Å². The molecule has 0 aliphatic carbocycles. The van der Waals surface area contributed by atoms with E-state index in [4.69, 9.17) is 0 Å². The average molecular weight is 352 g/mol. The van der Waals surface area contributed by atoms with Gasteiger partial charge in [0.25, 0.3) is 0 Å². The highest BCUT2D eigenvalue weighted by Gasteiger charge is 2.27. The molecule has 0 aromatic heterocycles. The van der Waals surface area contributed by atoms with Crippen molar-refractivity contribution in [3.8, 4) is 0 Å². The molecule has 0 saturated heterocycles. The number of halogens is 3. The SMILES string of the molecule is CC1Cc2ccccc2N(c2c(F)cc(CBr)cc2F)C1. The van der Waals surface area contributed by atoms with Crippen molar-refractivity contribution in [3.05, 3.63) is 59.2 Å². The Morgan fingerprint density at radius 3 is 2.52 bits per heavy atom. The van der Waals surface area contributed by atoms with Gasteiger partial charge in [0.05, 0.1) is 0 Å². The minimum Gasteiger partial charge on any atom is -0.336 e.